The maximum absolute atomic E-state index is 4.79. The first-order chi connectivity index (χ1) is 8.74. The van der Waals surface area contributed by atoms with Gasteiger partial charge in [0.25, 0.3) is 0 Å². The van der Waals surface area contributed by atoms with Crippen LogP contribution in [-0.4, -0.2) is 24.1 Å². The molecular formula is C15H25N3. The number of rotatable bonds is 5. The van der Waals surface area contributed by atoms with Crippen molar-refractivity contribution in [3.8, 4) is 0 Å². The molecule has 0 saturated carbocycles. The maximum atomic E-state index is 4.79. The van der Waals surface area contributed by atoms with Crippen LogP contribution in [0.1, 0.15) is 44.9 Å². The molecule has 3 nitrogen and oxygen atoms in total. The average molecular weight is 247 g/mol. The van der Waals surface area contributed by atoms with Gasteiger partial charge in [-0.1, -0.05) is 13.8 Å². The minimum Gasteiger partial charge on any atom is -0.354 e. The lowest BCUT2D eigenvalue weighted by molar-refractivity contribution is 0.711. The van der Waals surface area contributed by atoms with Gasteiger partial charge in [0.1, 0.15) is 5.82 Å². The molecule has 100 valence electrons. The summed E-state index contributed by atoms with van der Waals surface area (Å²) in [5.74, 6) is 1.17. The second kappa shape index (κ2) is 6.19. The van der Waals surface area contributed by atoms with Crippen LogP contribution in [0.5, 0.6) is 0 Å². The molecule has 1 saturated heterocycles. The van der Waals surface area contributed by atoms with E-state index < -0.39 is 0 Å². The van der Waals surface area contributed by atoms with Gasteiger partial charge in [-0.15, -0.1) is 0 Å². The smallest absolute Gasteiger partial charge is 0.129 e. The van der Waals surface area contributed by atoms with Crippen LogP contribution in [0, 0.1) is 0 Å². The van der Waals surface area contributed by atoms with Crippen LogP contribution in [-0.2, 0) is 13.0 Å². The van der Waals surface area contributed by atoms with Crippen molar-refractivity contribution in [3.05, 3.63) is 23.4 Å². The fourth-order valence-corrected chi connectivity index (χ4v) is 2.61. The summed E-state index contributed by atoms with van der Waals surface area (Å²) in [4.78, 5) is 7.24. The molecule has 1 aromatic heterocycles. The Morgan fingerprint density at radius 1 is 1.39 bits per heavy atom. The molecule has 2 heterocycles. The molecular weight excluding hydrogens is 222 g/mol. The predicted molar refractivity (Wildman–Crippen MR) is 77.0 cm³/mol. The summed E-state index contributed by atoms with van der Waals surface area (Å²) in [7, 11) is 0. The third-order valence-corrected chi connectivity index (χ3v) is 3.71. The SMILES string of the molecule is CCNCc1cc(CC)nc(N2CCCC2C)c1. The molecule has 0 spiro atoms. The second-order valence-corrected chi connectivity index (χ2v) is 5.14. The van der Waals surface area contributed by atoms with Crippen LogP contribution in [0.2, 0.25) is 0 Å². The first-order valence-corrected chi connectivity index (χ1v) is 7.21. The Kier molecular flexibility index (Phi) is 4.59. The van der Waals surface area contributed by atoms with Crippen molar-refractivity contribution in [2.45, 2.75) is 52.6 Å². The first kappa shape index (κ1) is 13.3. The quantitative estimate of drug-likeness (QED) is 0.867. The van der Waals surface area contributed by atoms with E-state index >= 15 is 0 Å². The minimum absolute atomic E-state index is 0.636. The third-order valence-electron chi connectivity index (χ3n) is 3.71. The Labute approximate surface area is 111 Å². The molecule has 3 heteroatoms. The fraction of sp³-hybridized carbons (Fsp3) is 0.667. The van der Waals surface area contributed by atoms with Crippen molar-refractivity contribution in [1.82, 2.24) is 10.3 Å². The number of hydrogen-bond donors (Lipinski definition) is 1. The third kappa shape index (κ3) is 3.02. The van der Waals surface area contributed by atoms with Crippen molar-refractivity contribution in [2.75, 3.05) is 18.0 Å². The Balaban J connectivity index is 2.22. The topological polar surface area (TPSA) is 28.2 Å². The monoisotopic (exact) mass is 247 g/mol. The maximum Gasteiger partial charge on any atom is 0.129 e. The standard InChI is InChI=1S/C15H25N3/c1-4-14-9-13(11-16-5-2)10-15(17-14)18-8-6-7-12(18)3/h9-10,12,16H,4-8,11H2,1-3H3. The number of nitrogens with one attached hydrogen (secondary N) is 1. The Morgan fingerprint density at radius 2 is 2.22 bits per heavy atom. The van der Waals surface area contributed by atoms with Crippen LogP contribution in [0.15, 0.2) is 12.1 Å². The molecule has 2 rings (SSSR count). The van der Waals surface area contributed by atoms with E-state index in [0.29, 0.717) is 6.04 Å². The van der Waals surface area contributed by atoms with Crippen LogP contribution in [0.4, 0.5) is 5.82 Å². The van der Waals surface area contributed by atoms with Gasteiger partial charge in [0.2, 0.25) is 0 Å². The highest BCUT2D eigenvalue weighted by Crippen LogP contribution is 2.25. The highest BCUT2D eigenvalue weighted by molar-refractivity contribution is 5.44. The van der Waals surface area contributed by atoms with E-state index in [9.17, 15) is 0 Å². The number of aromatic nitrogens is 1. The molecule has 0 aliphatic carbocycles. The van der Waals surface area contributed by atoms with Gasteiger partial charge in [0.05, 0.1) is 0 Å². The average Bonchev–Trinajstić information content (AvgIpc) is 2.82. The molecule has 1 atom stereocenters. The zero-order valence-corrected chi connectivity index (χ0v) is 11.9. The first-order valence-electron chi connectivity index (χ1n) is 7.21. The molecule has 1 aliphatic heterocycles. The summed E-state index contributed by atoms with van der Waals surface area (Å²) in [6, 6.07) is 5.12. The number of nitrogens with zero attached hydrogens (tertiary/aromatic N) is 2. The van der Waals surface area contributed by atoms with E-state index in [0.717, 1.165) is 26.1 Å². The molecule has 0 amide bonds. The Hall–Kier alpha value is -1.09. The minimum atomic E-state index is 0.636. The van der Waals surface area contributed by atoms with Gasteiger partial charge in [0, 0.05) is 24.8 Å². The summed E-state index contributed by atoms with van der Waals surface area (Å²) < 4.78 is 0. The van der Waals surface area contributed by atoms with Crippen molar-refractivity contribution in [1.29, 1.82) is 0 Å². The summed E-state index contributed by atoms with van der Waals surface area (Å²) in [5, 5.41) is 3.40. The van der Waals surface area contributed by atoms with Gasteiger partial charge in [-0.3, -0.25) is 0 Å². The fourth-order valence-electron chi connectivity index (χ4n) is 2.61. The highest BCUT2D eigenvalue weighted by atomic mass is 15.2. The summed E-state index contributed by atoms with van der Waals surface area (Å²) in [5.41, 5.74) is 2.57. The van der Waals surface area contributed by atoms with Gasteiger partial charge < -0.3 is 10.2 Å². The number of aryl methyl sites for hydroxylation is 1. The molecule has 0 radical (unpaired) electrons. The van der Waals surface area contributed by atoms with Gasteiger partial charge in [0.15, 0.2) is 0 Å². The van der Waals surface area contributed by atoms with Crippen molar-refractivity contribution in [3.63, 3.8) is 0 Å². The van der Waals surface area contributed by atoms with Crippen LogP contribution in [0.25, 0.3) is 0 Å². The highest BCUT2D eigenvalue weighted by Gasteiger charge is 2.22. The van der Waals surface area contributed by atoms with Crippen LogP contribution in [0.3, 0.4) is 0 Å². The molecule has 1 aliphatic rings. The lowest BCUT2D eigenvalue weighted by Gasteiger charge is -2.23. The summed E-state index contributed by atoms with van der Waals surface area (Å²) in [6.45, 7) is 9.74. The normalized spacial score (nSPS) is 19.5. The largest absolute Gasteiger partial charge is 0.354 e. The Morgan fingerprint density at radius 3 is 2.83 bits per heavy atom. The van der Waals surface area contributed by atoms with Crippen molar-refractivity contribution < 1.29 is 0 Å². The number of hydrogen-bond acceptors (Lipinski definition) is 3. The zero-order chi connectivity index (χ0) is 13.0. The van der Waals surface area contributed by atoms with Gasteiger partial charge in [-0.2, -0.15) is 0 Å². The molecule has 1 aromatic rings. The van der Waals surface area contributed by atoms with E-state index in [1.54, 1.807) is 0 Å². The van der Waals surface area contributed by atoms with E-state index in [1.165, 1.54) is 29.9 Å². The molecule has 18 heavy (non-hydrogen) atoms. The molecule has 0 bridgehead atoms. The lowest BCUT2D eigenvalue weighted by atomic mass is 10.1. The zero-order valence-electron chi connectivity index (χ0n) is 11.9. The Bertz CT molecular complexity index is 389. The van der Waals surface area contributed by atoms with Crippen molar-refractivity contribution in [2.24, 2.45) is 0 Å². The van der Waals surface area contributed by atoms with E-state index in [4.69, 9.17) is 4.98 Å². The predicted octanol–water partition coefficient (Wildman–Crippen LogP) is 2.74. The lowest BCUT2D eigenvalue weighted by Crippen LogP contribution is -2.27. The van der Waals surface area contributed by atoms with E-state index in [-0.39, 0.29) is 0 Å². The van der Waals surface area contributed by atoms with Gasteiger partial charge in [-0.05, 0) is 50.4 Å². The number of anilines is 1. The molecule has 1 fully saturated rings. The molecule has 0 aromatic carbocycles. The van der Waals surface area contributed by atoms with Crippen LogP contribution < -0.4 is 10.2 Å². The van der Waals surface area contributed by atoms with Crippen LogP contribution >= 0.6 is 0 Å². The summed E-state index contributed by atoms with van der Waals surface area (Å²) >= 11 is 0. The molecule has 1 unspecified atom stereocenters. The van der Waals surface area contributed by atoms with Crippen molar-refractivity contribution >= 4 is 5.82 Å². The van der Waals surface area contributed by atoms with E-state index in [2.05, 4.69) is 43.1 Å². The summed E-state index contributed by atoms with van der Waals surface area (Å²) in [6.07, 6.45) is 3.59. The number of pyridine rings is 1. The van der Waals surface area contributed by atoms with Gasteiger partial charge >= 0.3 is 0 Å². The second-order valence-electron chi connectivity index (χ2n) is 5.14. The van der Waals surface area contributed by atoms with E-state index in [1.807, 2.05) is 0 Å². The molecule has 1 N–H and O–H groups in total. The van der Waals surface area contributed by atoms with Gasteiger partial charge in [-0.25, -0.2) is 4.98 Å².